The van der Waals surface area contributed by atoms with Gasteiger partial charge in [0, 0.05) is 11.6 Å². The van der Waals surface area contributed by atoms with E-state index in [1.54, 1.807) is 23.1 Å². The second-order valence-electron chi connectivity index (χ2n) is 5.81. The minimum Gasteiger partial charge on any atom is -0.491 e. The highest BCUT2D eigenvalue weighted by molar-refractivity contribution is 9.10. The molecule has 2 heterocycles. The van der Waals surface area contributed by atoms with Gasteiger partial charge in [-0.3, -0.25) is 4.79 Å². The zero-order valence-electron chi connectivity index (χ0n) is 13.7. The van der Waals surface area contributed by atoms with Crippen molar-refractivity contribution in [2.24, 2.45) is 0 Å². The lowest BCUT2D eigenvalue weighted by Crippen LogP contribution is -2.47. The number of rotatable bonds is 4. The molecule has 1 saturated heterocycles. The van der Waals surface area contributed by atoms with Gasteiger partial charge in [-0.25, -0.2) is 4.98 Å². The number of aryl methyl sites for hydroxylation is 1. The van der Waals surface area contributed by atoms with Crippen LogP contribution in [0.25, 0.3) is 0 Å². The first-order valence-corrected chi connectivity index (χ1v) is 9.12. The van der Waals surface area contributed by atoms with Crippen molar-refractivity contribution in [1.82, 2.24) is 9.88 Å². The van der Waals surface area contributed by atoms with E-state index in [9.17, 15) is 4.79 Å². The van der Waals surface area contributed by atoms with Gasteiger partial charge < -0.3 is 14.4 Å². The summed E-state index contributed by atoms with van der Waals surface area (Å²) in [5.74, 6) is 0.638. The zero-order chi connectivity index (χ0) is 17.8. The van der Waals surface area contributed by atoms with Gasteiger partial charge in [-0.1, -0.05) is 17.7 Å². The standard InChI is InChI=1S/C18H18BrClN2O3/c1-12-9-13(5-6-15(12)20)25-11-14-10-22(7-8-24-14)18(23)16-3-2-4-17(19)21-16/h2-6,9,14H,7-8,10-11H2,1H3. The molecule has 0 aliphatic carbocycles. The van der Waals surface area contributed by atoms with Gasteiger partial charge in [0.15, 0.2) is 0 Å². The molecule has 1 unspecified atom stereocenters. The topological polar surface area (TPSA) is 51.7 Å². The summed E-state index contributed by atoms with van der Waals surface area (Å²) in [6.45, 7) is 3.80. The van der Waals surface area contributed by atoms with Crippen LogP contribution >= 0.6 is 27.5 Å². The predicted octanol–water partition coefficient (Wildman–Crippen LogP) is 3.73. The Labute approximate surface area is 160 Å². The Balaban J connectivity index is 1.59. The Morgan fingerprint density at radius 3 is 3.04 bits per heavy atom. The van der Waals surface area contributed by atoms with Gasteiger partial charge >= 0.3 is 0 Å². The Kier molecular flexibility index (Phi) is 5.93. The van der Waals surface area contributed by atoms with E-state index < -0.39 is 0 Å². The molecule has 5 nitrogen and oxygen atoms in total. The molecule has 1 atom stereocenters. The van der Waals surface area contributed by atoms with Crippen LogP contribution in [-0.4, -0.2) is 48.2 Å². The van der Waals surface area contributed by atoms with Crippen LogP contribution in [0.3, 0.4) is 0 Å². The number of aromatic nitrogens is 1. The van der Waals surface area contributed by atoms with Crippen LogP contribution in [0.15, 0.2) is 41.0 Å². The maximum Gasteiger partial charge on any atom is 0.272 e. The summed E-state index contributed by atoms with van der Waals surface area (Å²) in [6.07, 6.45) is -0.180. The normalized spacial score (nSPS) is 17.4. The van der Waals surface area contributed by atoms with Gasteiger partial charge in [0.1, 0.15) is 28.8 Å². The number of carbonyl (C=O) groups is 1. The van der Waals surface area contributed by atoms with Crippen LogP contribution in [0.1, 0.15) is 16.1 Å². The summed E-state index contributed by atoms with van der Waals surface area (Å²) in [4.78, 5) is 18.6. The first kappa shape index (κ1) is 18.2. The second kappa shape index (κ2) is 8.17. The van der Waals surface area contributed by atoms with E-state index in [-0.39, 0.29) is 12.0 Å². The first-order valence-electron chi connectivity index (χ1n) is 7.95. The van der Waals surface area contributed by atoms with Crippen molar-refractivity contribution in [3.8, 4) is 5.75 Å². The number of benzene rings is 1. The van der Waals surface area contributed by atoms with Crippen molar-refractivity contribution < 1.29 is 14.3 Å². The molecule has 0 bridgehead atoms. The summed E-state index contributed by atoms with van der Waals surface area (Å²) in [5, 5.41) is 0.708. The van der Waals surface area contributed by atoms with E-state index in [0.717, 1.165) is 11.3 Å². The van der Waals surface area contributed by atoms with Crippen LogP contribution in [0.2, 0.25) is 5.02 Å². The van der Waals surface area contributed by atoms with Gasteiger partial charge in [-0.2, -0.15) is 0 Å². The highest BCUT2D eigenvalue weighted by Crippen LogP contribution is 2.21. The molecule has 2 aromatic rings. The Bertz CT molecular complexity index is 772. The maximum absolute atomic E-state index is 12.6. The SMILES string of the molecule is Cc1cc(OCC2CN(C(=O)c3cccc(Br)n3)CCO2)ccc1Cl. The number of nitrogens with zero attached hydrogens (tertiary/aromatic N) is 2. The van der Waals surface area contributed by atoms with E-state index in [1.807, 2.05) is 25.1 Å². The lowest BCUT2D eigenvalue weighted by molar-refractivity contribution is -0.0402. The molecule has 1 fully saturated rings. The average molecular weight is 426 g/mol. The molecule has 1 aliphatic heterocycles. The van der Waals surface area contributed by atoms with Gasteiger partial charge in [0.2, 0.25) is 0 Å². The summed E-state index contributed by atoms with van der Waals surface area (Å²) in [5.41, 5.74) is 1.38. The summed E-state index contributed by atoms with van der Waals surface area (Å²) < 4.78 is 12.2. The third-order valence-electron chi connectivity index (χ3n) is 3.93. The minimum absolute atomic E-state index is 0.100. The molecule has 1 amide bonds. The van der Waals surface area contributed by atoms with Crippen LogP contribution in [0.4, 0.5) is 0 Å². The monoisotopic (exact) mass is 424 g/mol. The van der Waals surface area contributed by atoms with Crippen molar-refractivity contribution in [3.05, 3.63) is 57.3 Å². The molecular formula is C18H18BrClN2O3. The van der Waals surface area contributed by atoms with Crippen molar-refractivity contribution in [2.75, 3.05) is 26.3 Å². The Morgan fingerprint density at radius 1 is 1.44 bits per heavy atom. The van der Waals surface area contributed by atoms with Crippen LogP contribution in [-0.2, 0) is 4.74 Å². The Hall–Kier alpha value is -1.63. The van der Waals surface area contributed by atoms with E-state index in [4.69, 9.17) is 21.1 Å². The maximum atomic E-state index is 12.6. The molecule has 1 aromatic carbocycles. The molecule has 0 spiro atoms. The van der Waals surface area contributed by atoms with Gasteiger partial charge in [-0.15, -0.1) is 0 Å². The summed E-state index contributed by atoms with van der Waals surface area (Å²) in [6, 6.07) is 10.8. The molecule has 0 radical (unpaired) electrons. The van der Waals surface area contributed by atoms with Crippen LogP contribution in [0, 0.1) is 6.92 Å². The van der Waals surface area contributed by atoms with Gasteiger partial charge in [0.25, 0.3) is 5.91 Å². The molecule has 132 valence electrons. The van der Waals surface area contributed by atoms with E-state index in [1.165, 1.54) is 0 Å². The van der Waals surface area contributed by atoms with Crippen molar-refractivity contribution >= 4 is 33.4 Å². The smallest absolute Gasteiger partial charge is 0.272 e. The average Bonchev–Trinajstić information content (AvgIpc) is 2.62. The molecule has 3 rings (SSSR count). The van der Waals surface area contributed by atoms with E-state index >= 15 is 0 Å². The lowest BCUT2D eigenvalue weighted by Gasteiger charge is -2.32. The number of ether oxygens (including phenoxy) is 2. The molecular weight excluding hydrogens is 408 g/mol. The summed E-state index contributed by atoms with van der Waals surface area (Å²) in [7, 11) is 0. The largest absolute Gasteiger partial charge is 0.491 e. The molecule has 1 aromatic heterocycles. The zero-order valence-corrected chi connectivity index (χ0v) is 16.1. The first-order chi connectivity index (χ1) is 12.0. The molecule has 0 N–H and O–H groups in total. The van der Waals surface area contributed by atoms with Gasteiger partial charge in [0.05, 0.1) is 13.2 Å². The number of amides is 1. The fourth-order valence-corrected chi connectivity index (χ4v) is 3.05. The molecule has 1 aliphatic rings. The highest BCUT2D eigenvalue weighted by atomic mass is 79.9. The number of morpholine rings is 1. The van der Waals surface area contributed by atoms with Gasteiger partial charge in [-0.05, 0) is 58.7 Å². The quantitative estimate of drug-likeness (QED) is 0.701. The van der Waals surface area contributed by atoms with E-state index in [0.29, 0.717) is 41.6 Å². The number of pyridine rings is 1. The second-order valence-corrected chi connectivity index (χ2v) is 7.03. The predicted molar refractivity (Wildman–Crippen MR) is 99.3 cm³/mol. The third kappa shape index (κ3) is 4.71. The van der Waals surface area contributed by atoms with Crippen LogP contribution in [0.5, 0.6) is 5.75 Å². The summed E-state index contributed by atoms with van der Waals surface area (Å²) >= 11 is 9.31. The van der Waals surface area contributed by atoms with Crippen molar-refractivity contribution in [3.63, 3.8) is 0 Å². The number of hydrogen-bond acceptors (Lipinski definition) is 4. The molecule has 7 heteroatoms. The third-order valence-corrected chi connectivity index (χ3v) is 4.79. The fourth-order valence-electron chi connectivity index (χ4n) is 2.59. The molecule has 0 saturated carbocycles. The highest BCUT2D eigenvalue weighted by Gasteiger charge is 2.26. The fraction of sp³-hybridized carbons (Fsp3) is 0.333. The number of halogens is 2. The lowest BCUT2D eigenvalue weighted by atomic mass is 10.2. The van der Waals surface area contributed by atoms with Crippen LogP contribution < -0.4 is 4.74 Å². The number of carbonyl (C=O) groups excluding carboxylic acids is 1. The number of hydrogen-bond donors (Lipinski definition) is 0. The Morgan fingerprint density at radius 2 is 2.28 bits per heavy atom. The van der Waals surface area contributed by atoms with Crippen molar-refractivity contribution in [2.45, 2.75) is 13.0 Å². The molecule has 25 heavy (non-hydrogen) atoms. The minimum atomic E-state index is -0.180. The van der Waals surface area contributed by atoms with Crippen molar-refractivity contribution in [1.29, 1.82) is 0 Å². The van der Waals surface area contributed by atoms with E-state index in [2.05, 4.69) is 20.9 Å².